The number of hydrogen-bond acceptors (Lipinski definition) is 3. The Bertz CT molecular complexity index is 497. The molecule has 0 aliphatic heterocycles. The minimum Gasteiger partial charge on any atom is -0.436 e. The largest absolute Gasteiger partial charge is 0.436 e. The summed E-state index contributed by atoms with van der Waals surface area (Å²) < 4.78 is 18.9. The molecule has 2 aromatic rings. The average molecular weight is 218 g/mol. The van der Waals surface area contributed by atoms with Crippen molar-refractivity contribution in [3.8, 4) is 11.6 Å². The predicted molar refractivity (Wildman–Crippen MR) is 59.9 cm³/mol. The number of rotatable bonds is 2. The topological polar surface area (TPSA) is 48.1 Å². The number of pyridine rings is 1. The second kappa shape index (κ2) is 4.18. The third kappa shape index (κ3) is 2.11. The molecule has 4 heteroatoms. The van der Waals surface area contributed by atoms with Gasteiger partial charge in [-0.25, -0.2) is 9.37 Å². The van der Waals surface area contributed by atoms with E-state index in [1.54, 1.807) is 37.3 Å². The van der Waals surface area contributed by atoms with Crippen molar-refractivity contribution in [2.45, 2.75) is 6.92 Å². The van der Waals surface area contributed by atoms with Crippen LogP contribution < -0.4 is 10.5 Å². The molecule has 1 heterocycles. The first-order chi connectivity index (χ1) is 7.66. The Labute approximate surface area is 92.7 Å². The van der Waals surface area contributed by atoms with Crippen molar-refractivity contribution in [1.29, 1.82) is 0 Å². The van der Waals surface area contributed by atoms with E-state index < -0.39 is 0 Å². The van der Waals surface area contributed by atoms with Gasteiger partial charge in [-0.05, 0) is 24.6 Å². The van der Waals surface area contributed by atoms with Crippen LogP contribution >= 0.6 is 0 Å². The number of aryl methyl sites for hydroxylation is 1. The number of nitrogen functional groups attached to an aromatic ring is 1. The number of hydrogen-bond donors (Lipinski definition) is 1. The van der Waals surface area contributed by atoms with Crippen LogP contribution in [0.5, 0.6) is 11.6 Å². The van der Waals surface area contributed by atoms with Crippen LogP contribution in [0.3, 0.4) is 0 Å². The molecule has 0 amide bonds. The summed E-state index contributed by atoms with van der Waals surface area (Å²) in [6.45, 7) is 1.68. The van der Waals surface area contributed by atoms with Crippen LogP contribution in [0.1, 0.15) is 5.56 Å². The standard InChI is InChI=1S/C12H11FN2O/c1-8-3-2-4-10(12(8)13)16-11-6-5-9(14)7-15-11/h2-7H,14H2,1H3. The molecular formula is C12H11FN2O. The lowest BCUT2D eigenvalue weighted by Gasteiger charge is -2.06. The average Bonchev–Trinajstić information content (AvgIpc) is 2.28. The van der Waals surface area contributed by atoms with E-state index in [1.807, 2.05) is 0 Å². The van der Waals surface area contributed by atoms with Gasteiger partial charge in [-0.3, -0.25) is 0 Å². The number of halogens is 1. The molecule has 0 bridgehead atoms. The van der Waals surface area contributed by atoms with Crippen LogP contribution in [-0.2, 0) is 0 Å². The van der Waals surface area contributed by atoms with Crippen molar-refractivity contribution in [1.82, 2.24) is 4.98 Å². The van der Waals surface area contributed by atoms with Crippen molar-refractivity contribution < 1.29 is 9.13 Å². The highest BCUT2D eigenvalue weighted by Gasteiger charge is 2.07. The summed E-state index contributed by atoms with van der Waals surface area (Å²) in [4.78, 5) is 3.93. The maximum absolute atomic E-state index is 13.6. The van der Waals surface area contributed by atoms with Crippen LogP contribution in [0, 0.1) is 12.7 Å². The summed E-state index contributed by atoms with van der Waals surface area (Å²) in [5, 5.41) is 0. The second-order valence-electron chi connectivity index (χ2n) is 3.42. The van der Waals surface area contributed by atoms with Gasteiger partial charge in [-0.2, -0.15) is 0 Å². The molecule has 82 valence electrons. The minimum atomic E-state index is -0.374. The number of nitrogens with two attached hydrogens (primary N) is 1. The van der Waals surface area contributed by atoms with E-state index in [0.717, 1.165) is 0 Å². The first-order valence-corrected chi connectivity index (χ1v) is 4.81. The molecule has 2 N–H and O–H groups in total. The van der Waals surface area contributed by atoms with E-state index in [-0.39, 0.29) is 11.6 Å². The lowest BCUT2D eigenvalue weighted by atomic mass is 10.2. The molecule has 0 unspecified atom stereocenters. The second-order valence-corrected chi connectivity index (χ2v) is 3.42. The SMILES string of the molecule is Cc1cccc(Oc2ccc(N)cn2)c1F. The van der Waals surface area contributed by atoms with Gasteiger partial charge >= 0.3 is 0 Å². The van der Waals surface area contributed by atoms with Crippen molar-refractivity contribution in [3.63, 3.8) is 0 Å². The van der Waals surface area contributed by atoms with Gasteiger partial charge in [0.2, 0.25) is 5.88 Å². The van der Waals surface area contributed by atoms with E-state index in [4.69, 9.17) is 10.5 Å². The molecule has 0 radical (unpaired) electrons. The van der Waals surface area contributed by atoms with Crippen molar-refractivity contribution in [2.24, 2.45) is 0 Å². The summed E-state index contributed by atoms with van der Waals surface area (Å²) in [6, 6.07) is 8.21. The normalized spacial score (nSPS) is 10.1. The van der Waals surface area contributed by atoms with Crippen molar-refractivity contribution in [3.05, 3.63) is 47.9 Å². The van der Waals surface area contributed by atoms with Crippen LogP contribution in [0.15, 0.2) is 36.5 Å². The molecule has 3 nitrogen and oxygen atoms in total. The van der Waals surface area contributed by atoms with Crippen LogP contribution in [0.25, 0.3) is 0 Å². The molecule has 0 aliphatic carbocycles. The van der Waals surface area contributed by atoms with Crippen molar-refractivity contribution >= 4 is 5.69 Å². The Kier molecular flexibility index (Phi) is 2.72. The fourth-order valence-electron chi connectivity index (χ4n) is 1.26. The van der Waals surface area contributed by atoms with Crippen LogP contribution in [-0.4, -0.2) is 4.98 Å². The monoisotopic (exact) mass is 218 g/mol. The van der Waals surface area contributed by atoms with Gasteiger partial charge in [-0.15, -0.1) is 0 Å². The quantitative estimate of drug-likeness (QED) is 0.843. The third-order valence-electron chi connectivity index (χ3n) is 2.13. The first-order valence-electron chi connectivity index (χ1n) is 4.81. The summed E-state index contributed by atoms with van der Waals surface area (Å²) in [5.74, 6) is 0.108. The maximum Gasteiger partial charge on any atom is 0.219 e. The Balaban J connectivity index is 2.27. The zero-order valence-electron chi connectivity index (χ0n) is 8.77. The number of anilines is 1. The number of aromatic nitrogens is 1. The zero-order valence-corrected chi connectivity index (χ0v) is 8.77. The van der Waals surface area contributed by atoms with Gasteiger partial charge in [0.05, 0.1) is 11.9 Å². The highest BCUT2D eigenvalue weighted by Crippen LogP contribution is 2.24. The number of nitrogens with zero attached hydrogens (tertiary/aromatic N) is 1. The van der Waals surface area contributed by atoms with E-state index in [0.29, 0.717) is 17.1 Å². The molecule has 0 aliphatic rings. The van der Waals surface area contributed by atoms with Crippen molar-refractivity contribution in [2.75, 3.05) is 5.73 Å². The Morgan fingerprint density at radius 2 is 2.06 bits per heavy atom. The molecule has 16 heavy (non-hydrogen) atoms. The fourth-order valence-corrected chi connectivity index (χ4v) is 1.26. The zero-order chi connectivity index (χ0) is 11.5. The molecule has 2 rings (SSSR count). The highest BCUT2D eigenvalue weighted by atomic mass is 19.1. The Morgan fingerprint density at radius 3 is 2.75 bits per heavy atom. The molecule has 1 aromatic heterocycles. The molecule has 0 saturated heterocycles. The maximum atomic E-state index is 13.6. The van der Waals surface area contributed by atoms with E-state index in [2.05, 4.69) is 4.98 Å². The van der Waals surface area contributed by atoms with Gasteiger partial charge < -0.3 is 10.5 Å². The predicted octanol–water partition coefficient (Wildman–Crippen LogP) is 2.90. The summed E-state index contributed by atoms with van der Waals surface area (Å²) >= 11 is 0. The minimum absolute atomic E-state index is 0.164. The Hall–Kier alpha value is -2.10. The van der Waals surface area contributed by atoms with Crippen LogP contribution in [0.4, 0.5) is 10.1 Å². The summed E-state index contributed by atoms with van der Waals surface area (Å²) in [5.41, 5.74) is 6.56. The summed E-state index contributed by atoms with van der Waals surface area (Å²) in [6.07, 6.45) is 1.46. The van der Waals surface area contributed by atoms with E-state index in [1.165, 1.54) is 6.20 Å². The molecule has 0 atom stereocenters. The van der Waals surface area contributed by atoms with Gasteiger partial charge in [0.15, 0.2) is 11.6 Å². The lowest BCUT2D eigenvalue weighted by Crippen LogP contribution is -1.93. The first kappa shape index (κ1) is 10.4. The van der Waals surface area contributed by atoms with Gasteiger partial charge in [-0.1, -0.05) is 12.1 Å². The van der Waals surface area contributed by atoms with Crippen LogP contribution in [0.2, 0.25) is 0 Å². The number of benzene rings is 1. The molecular weight excluding hydrogens is 207 g/mol. The Morgan fingerprint density at radius 1 is 1.25 bits per heavy atom. The molecule has 1 aromatic carbocycles. The summed E-state index contributed by atoms with van der Waals surface area (Å²) in [7, 11) is 0. The highest BCUT2D eigenvalue weighted by molar-refractivity contribution is 5.38. The van der Waals surface area contributed by atoms with Gasteiger partial charge in [0.1, 0.15) is 0 Å². The third-order valence-corrected chi connectivity index (χ3v) is 2.13. The molecule has 0 spiro atoms. The smallest absolute Gasteiger partial charge is 0.219 e. The number of ether oxygens (including phenoxy) is 1. The fraction of sp³-hybridized carbons (Fsp3) is 0.0833. The van der Waals surface area contributed by atoms with E-state index in [9.17, 15) is 4.39 Å². The lowest BCUT2D eigenvalue weighted by molar-refractivity contribution is 0.426. The van der Waals surface area contributed by atoms with E-state index >= 15 is 0 Å². The molecule has 0 fully saturated rings. The van der Waals surface area contributed by atoms with Gasteiger partial charge in [0.25, 0.3) is 0 Å². The van der Waals surface area contributed by atoms with Gasteiger partial charge in [0, 0.05) is 6.07 Å². The molecule has 0 saturated carbocycles.